The lowest BCUT2D eigenvalue weighted by Gasteiger charge is -2.18. The van der Waals surface area contributed by atoms with E-state index in [1.165, 1.54) is 0 Å². The van der Waals surface area contributed by atoms with Crippen LogP contribution in [0.1, 0.15) is 5.56 Å². The van der Waals surface area contributed by atoms with Crippen LogP contribution in [0.3, 0.4) is 0 Å². The van der Waals surface area contributed by atoms with Gasteiger partial charge in [0.1, 0.15) is 0 Å². The van der Waals surface area contributed by atoms with Gasteiger partial charge < -0.3 is 9.13 Å². The van der Waals surface area contributed by atoms with Crippen LogP contribution in [0.15, 0.2) is 182 Å². The highest BCUT2D eigenvalue weighted by Gasteiger charge is 2.25. The van der Waals surface area contributed by atoms with Crippen LogP contribution in [0.2, 0.25) is 0 Å². The molecule has 8 aromatic carbocycles. The largest absolute Gasteiger partial charge is 0.309 e. The molecule has 54 heavy (non-hydrogen) atoms. The maximum absolute atomic E-state index is 10.7. The van der Waals surface area contributed by atoms with Gasteiger partial charge in [-0.1, -0.05) is 127 Å². The van der Waals surface area contributed by atoms with Crippen molar-refractivity contribution in [3.8, 4) is 50.8 Å². The van der Waals surface area contributed by atoms with Crippen molar-refractivity contribution in [1.29, 1.82) is 5.26 Å². The molecule has 0 aliphatic carbocycles. The van der Waals surface area contributed by atoms with Crippen LogP contribution in [0, 0.1) is 17.9 Å². The average Bonchev–Trinajstić information content (AvgIpc) is 3.76. The Morgan fingerprint density at radius 3 is 1.63 bits per heavy atom. The summed E-state index contributed by atoms with van der Waals surface area (Å²) >= 11 is 0. The second-order valence-electron chi connectivity index (χ2n) is 13.5. The molecule has 0 unspecified atom stereocenters. The van der Waals surface area contributed by atoms with E-state index in [4.69, 9.17) is 6.57 Å². The van der Waals surface area contributed by atoms with Crippen molar-refractivity contribution in [2.75, 3.05) is 0 Å². The van der Waals surface area contributed by atoms with E-state index < -0.39 is 0 Å². The van der Waals surface area contributed by atoms with Crippen molar-refractivity contribution >= 4 is 49.3 Å². The highest BCUT2D eigenvalue weighted by atomic mass is 15.0. The molecular weight excluding hydrogens is 657 g/mol. The summed E-state index contributed by atoms with van der Waals surface area (Å²) in [4.78, 5) is 3.81. The van der Waals surface area contributed by atoms with Crippen LogP contribution >= 0.6 is 0 Å². The van der Waals surface area contributed by atoms with Gasteiger partial charge in [-0.25, -0.2) is 4.85 Å². The predicted molar refractivity (Wildman–Crippen MR) is 222 cm³/mol. The first-order valence-electron chi connectivity index (χ1n) is 18.0. The lowest BCUT2D eigenvalue weighted by atomic mass is 9.93. The zero-order valence-electron chi connectivity index (χ0n) is 29.1. The highest BCUT2D eigenvalue weighted by molar-refractivity contribution is 6.19. The fourth-order valence-corrected chi connectivity index (χ4v) is 8.23. The monoisotopic (exact) mass is 686 g/mol. The number of benzene rings is 8. The molecule has 2 heterocycles. The normalized spacial score (nSPS) is 11.3. The number of nitrogens with zero attached hydrogens (tertiary/aromatic N) is 4. The summed E-state index contributed by atoms with van der Waals surface area (Å²) in [7, 11) is 0. The molecule has 0 amide bonds. The standard InChI is InChI=1S/C50H30N4/c1-52-43-22-13-21-38(42(43)32-51)49-48(29-28-47-50(49)39-20-11-12-23-44(39)53(47)37-18-9-4-10-19-37)54-45-26-24-35(33-14-5-2-6-15-33)30-40(45)41-31-36(25-27-46(41)54)34-16-7-3-8-17-34/h2-31H. The molecular formula is C50H30N4. The van der Waals surface area contributed by atoms with E-state index in [0.29, 0.717) is 11.3 Å². The summed E-state index contributed by atoms with van der Waals surface area (Å²) in [6, 6.07) is 65.8. The number of hydrogen-bond acceptors (Lipinski definition) is 1. The SMILES string of the molecule is [C-]#[N+]c1cccc(-c2c(-n3c4ccc(-c5ccccc5)cc4c4cc(-c5ccccc5)ccc43)ccc3c2c2ccccc2n3-c2ccccc2)c1C#N. The maximum atomic E-state index is 10.7. The van der Waals surface area contributed by atoms with E-state index in [-0.39, 0.29) is 0 Å². The molecule has 0 saturated heterocycles. The minimum absolute atomic E-state index is 0.340. The molecule has 4 nitrogen and oxygen atoms in total. The third-order valence-corrected chi connectivity index (χ3v) is 10.6. The fourth-order valence-electron chi connectivity index (χ4n) is 8.23. The quantitative estimate of drug-likeness (QED) is 0.166. The van der Waals surface area contributed by atoms with Gasteiger partial charge in [0.15, 0.2) is 0 Å². The van der Waals surface area contributed by atoms with E-state index in [1.54, 1.807) is 6.07 Å². The minimum Gasteiger partial charge on any atom is -0.309 e. The van der Waals surface area contributed by atoms with Crippen LogP contribution < -0.4 is 0 Å². The van der Waals surface area contributed by atoms with E-state index >= 15 is 0 Å². The zero-order chi connectivity index (χ0) is 36.2. The molecule has 2 aromatic heterocycles. The number of aromatic nitrogens is 2. The third kappa shape index (κ3) is 4.76. The second kappa shape index (κ2) is 12.5. The van der Waals surface area contributed by atoms with Crippen molar-refractivity contribution in [2.45, 2.75) is 0 Å². The van der Waals surface area contributed by atoms with Crippen LogP contribution in [0.25, 0.3) is 93.2 Å². The van der Waals surface area contributed by atoms with E-state index in [2.05, 4.69) is 166 Å². The van der Waals surface area contributed by atoms with Gasteiger partial charge in [-0.05, 0) is 82.4 Å². The van der Waals surface area contributed by atoms with Crippen molar-refractivity contribution < 1.29 is 0 Å². The Balaban J connectivity index is 1.38. The van der Waals surface area contributed by atoms with Crippen LogP contribution in [0.5, 0.6) is 0 Å². The summed E-state index contributed by atoms with van der Waals surface area (Å²) in [6.07, 6.45) is 0. The maximum Gasteiger partial charge on any atom is 0.205 e. The first-order chi connectivity index (χ1) is 26.7. The van der Waals surface area contributed by atoms with Crippen LogP contribution in [-0.2, 0) is 0 Å². The molecule has 0 spiro atoms. The Bertz CT molecular complexity index is 3060. The summed E-state index contributed by atoms with van der Waals surface area (Å²) in [5.41, 5.74) is 13.2. The topological polar surface area (TPSA) is 38.0 Å². The van der Waals surface area contributed by atoms with Crippen molar-refractivity contribution in [2.24, 2.45) is 0 Å². The minimum atomic E-state index is 0.340. The molecule has 10 aromatic rings. The Morgan fingerprint density at radius 2 is 1.02 bits per heavy atom. The van der Waals surface area contributed by atoms with Crippen molar-refractivity contribution in [1.82, 2.24) is 9.13 Å². The van der Waals surface area contributed by atoms with E-state index in [0.717, 1.165) is 88.4 Å². The molecule has 0 atom stereocenters. The lowest BCUT2D eigenvalue weighted by Crippen LogP contribution is -2.00. The first-order valence-corrected chi connectivity index (χ1v) is 18.0. The summed E-state index contributed by atoms with van der Waals surface area (Å²) < 4.78 is 4.65. The van der Waals surface area contributed by atoms with Crippen LogP contribution in [0.4, 0.5) is 5.69 Å². The third-order valence-electron chi connectivity index (χ3n) is 10.6. The van der Waals surface area contributed by atoms with Gasteiger partial charge in [-0.15, -0.1) is 0 Å². The number of rotatable bonds is 5. The number of hydrogen-bond donors (Lipinski definition) is 0. The molecule has 0 fully saturated rings. The molecule has 10 rings (SSSR count). The molecule has 250 valence electrons. The van der Waals surface area contributed by atoms with Gasteiger partial charge in [0, 0.05) is 32.8 Å². The predicted octanol–water partition coefficient (Wildman–Crippen LogP) is 13.3. The molecule has 4 heteroatoms. The molecule has 0 N–H and O–H groups in total. The summed E-state index contributed by atoms with van der Waals surface area (Å²) in [5, 5.41) is 15.1. The Hall–Kier alpha value is -7.66. The van der Waals surface area contributed by atoms with Gasteiger partial charge in [0.25, 0.3) is 0 Å². The van der Waals surface area contributed by atoms with Gasteiger partial charge in [-0.3, -0.25) is 0 Å². The molecule has 0 saturated carbocycles. The molecule has 0 radical (unpaired) electrons. The second-order valence-corrected chi connectivity index (χ2v) is 13.5. The van der Waals surface area contributed by atoms with Gasteiger partial charge in [-0.2, -0.15) is 5.26 Å². The smallest absolute Gasteiger partial charge is 0.205 e. The van der Waals surface area contributed by atoms with Gasteiger partial charge in [0.2, 0.25) is 5.69 Å². The highest BCUT2D eigenvalue weighted by Crippen LogP contribution is 2.46. The lowest BCUT2D eigenvalue weighted by molar-refractivity contribution is 1.17. The van der Waals surface area contributed by atoms with E-state index in [9.17, 15) is 5.26 Å². The average molecular weight is 687 g/mol. The molecule has 0 aliphatic heterocycles. The zero-order valence-corrected chi connectivity index (χ0v) is 29.1. The van der Waals surface area contributed by atoms with Crippen molar-refractivity contribution in [3.63, 3.8) is 0 Å². The molecule has 0 bridgehead atoms. The van der Waals surface area contributed by atoms with Crippen LogP contribution in [-0.4, -0.2) is 9.13 Å². The first kappa shape index (κ1) is 31.1. The Kier molecular flexibility index (Phi) is 7.22. The molecule has 0 aliphatic rings. The number of fused-ring (bicyclic) bond motifs is 6. The number of para-hydroxylation sites is 2. The summed E-state index contributed by atoms with van der Waals surface area (Å²) in [6.45, 7) is 8.01. The van der Waals surface area contributed by atoms with Crippen molar-refractivity contribution in [3.05, 3.63) is 199 Å². The van der Waals surface area contributed by atoms with Gasteiger partial charge in [0.05, 0.1) is 46.0 Å². The summed E-state index contributed by atoms with van der Waals surface area (Å²) in [5.74, 6) is 0. The Morgan fingerprint density at radius 1 is 0.463 bits per heavy atom. The van der Waals surface area contributed by atoms with Gasteiger partial charge >= 0.3 is 0 Å². The fraction of sp³-hybridized carbons (Fsp3) is 0. The van der Waals surface area contributed by atoms with E-state index in [1.807, 2.05) is 30.3 Å². The number of nitriles is 1. The Labute approximate surface area is 312 Å².